The topological polar surface area (TPSA) is 68.7 Å². The summed E-state index contributed by atoms with van der Waals surface area (Å²) in [5.41, 5.74) is 3.50. The first-order valence-corrected chi connectivity index (χ1v) is 8.40. The highest BCUT2D eigenvalue weighted by molar-refractivity contribution is 5.88. The third-order valence-corrected chi connectivity index (χ3v) is 5.00. The van der Waals surface area contributed by atoms with Crippen LogP contribution in [0.2, 0.25) is 0 Å². The number of nitrogens with zero attached hydrogens (tertiary/aromatic N) is 1. The SMILES string of the molecule is Cc1c(C)c2c(c(C)c1O)CCC(C)(COC(=O)c1cccnc1)O2. The molecule has 0 saturated heterocycles. The molecule has 1 unspecified atom stereocenters. The van der Waals surface area contributed by atoms with Gasteiger partial charge in [-0.25, -0.2) is 4.79 Å². The molecule has 132 valence electrons. The maximum Gasteiger partial charge on any atom is 0.339 e. The van der Waals surface area contributed by atoms with Crippen molar-refractivity contribution in [3.05, 3.63) is 52.3 Å². The Balaban J connectivity index is 1.78. The molecule has 0 saturated carbocycles. The second-order valence-corrected chi connectivity index (χ2v) is 6.90. The van der Waals surface area contributed by atoms with Gasteiger partial charge in [-0.1, -0.05) is 0 Å². The van der Waals surface area contributed by atoms with Gasteiger partial charge >= 0.3 is 5.97 Å². The van der Waals surface area contributed by atoms with Crippen LogP contribution in [0.15, 0.2) is 24.5 Å². The van der Waals surface area contributed by atoms with Crippen LogP contribution in [0, 0.1) is 20.8 Å². The quantitative estimate of drug-likeness (QED) is 0.863. The summed E-state index contributed by atoms with van der Waals surface area (Å²) in [4.78, 5) is 16.1. The fourth-order valence-corrected chi connectivity index (χ4v) is 3.18. The number of carbonyl (C=O) groups excluding carboxylic acids is 1. The van der Waals surface area contributed by atoms with E-state index in [0.717, 1.165) is 34.4 Å². The Hall–Kier alpha value is -2.56. The maximum absolute atomic E-state index is 12.1. The van der Waals surface area contributed by atoms with Crippen LogP contribution >= 0.6 is 0 Å². The van der Waals surface area contributed by atoms with E-state index in [1.54, 1.807) is 18.3 Å². The number of esters is 1. The van der Waals surface area contributed by atoms with Crippen molar-refractivity contribution in [2.75, 3.05) is 6.61 Å². The van der Waals surface area contributed by atoms with Crippen molar-refractivity contribution < 1.29 is 19.4 Å². The van der Waals surface area contributed by atoms with E-state index in [1.807, 2.05) is 27.7 Å². The predicted octanol–water partition coefficient (Wildman–Crippen LogP) is 3.65. The number of aromatic hydroxyl groups is 1. The van der Waals surface area contributed by atoms with Crippen molar-refractivity contribution in [1.29, 1.82) is 0 Å². The molecule has 1 N–H and O–H groups in total. The molecule has 0 aliphatic carbocycles. The molecule has 5 nitrogen and oxygen atoms in total. The first-order chi connectivity index (χ1) is 11.8. The zero-order chi connectivity index (χ0) is 18.2. The fourth-order valence-electron chi connectivity index (χ4n) is 3.18. The molecule has 25 heavy (non-hydrogen) atoms. The first-order valence-electron chi connectivity index (χ1n) is 8.40. The summed E-state index contributed by atoms with van der Waals surface area (Å²) in [6.45, 7) is 7.85. The van der Waals surface area contributed by atoms with Crippen LogP contribution in [0.1, 0.15) is 46.0 Å². The Morgan fingerprint density at radius 3 is 2.76 bits per heavy atom. The molecule has 0 fully saturated rings. The normalized spacial score (nSPS) is 19.0. The molecule has 1 aromatic carbocycles. The van der Waals surface area contributed by atoms with Crippen LogP contribution in [-0.4, -0.2) is 28.3 Å². The van der Waals surface area contributed by atoms with E-state index in [0.29, 0.717) is 17.7 Å². The van der Waals surface area contributed by atoms with Crippen molar-refractivity contribution in [3.8, 4) is 11.5 Å². The standard InChI is InChI=1S/C20H23NO4/c1-12-13(2)18-16(14(3)17(12)22)7-8-20(4,25-18)11-24-19(23)15-6-5-9-21-10-15/h5-6,9-10,22H,7-8,11H2,1-4H3. The lowest BCUT2D eigenvalue weighted by molar-refractivity contribution is -0.0164. The van der Waals surface area contributed by atoms with Crippen LogP contribution < -0.4 is 4.74 Å². The highest BCUT2D eigenvalue weighted by Crippen LogP contribution is 2.43. The van der Waals surface area contributed by atoms with Gasteiger partial charge in [-0.3, -0.25) is 4.98 Å². The molecular weight excluding hydrogens is 318 g/mol. The van der Waals surface area contributed by atoms with Crippen LogP contribution in [-0.2, 0) is 11.2 Å². The molecular formula is C20H23NO4. The number of carbonyl (C=O) groups is 1. The Morgan fingerprint density at radius 1 is 1.32 bits per heavy atom. The first kappa shape index (κ1) is 17.3. The number of hydrogen-bond donors (Lipinski definition) is 1. The van der Waals surface area contributed by atoms with Crippen molar-refractivity contribution >= 4 is 5.97 Å². The lowest BCUT2D eigenvalue weighted by Gasteiger charge is -2.37. The monoisotopic (exact) mass is 341 g/mol. The molecule has 0 amide bonds. The second-order valence-electron chi connectivity index (χ2n) is 6.90. The number of ether oxygens (including phenoxy) is 2. The molecule has 0 radical (unpaired) electrons. The zero-order valence-corrected chi connectivity index (χ0v) is 15.0. The summed E-state index contributed by atoms with van der Waals surface area (Å²) in [5.74, 6) is 0.740. The number of rotatable bonds is 3. The van der Waals surface area contributed by atoms with Crippen LogP contribution in [0.4, 0.5) is 0 Å². The van der Waals surface area contributed by atoms with Crippen molar-refractivity contribution in [2.45, 2.75) is 46.1 Å². The highest BCUT2D eigenvalue weighted by Gasteiger charge is 2.36. The molecule has 1 aliphatic heterocycles. The van der Waals surface area contributed by atoms with E-state index in [9.17, 15) is 9.90 Å². The molecule has 0 bridgehead atoms. The summed E-state index contributed by atoms with van der Waals surface area (Å²) in [6, 6.07) is 3.38. The number of pyridine rings is 1. The second kappa shape index (κ2) is 6.39. The van der Waals surface area contributed by atoms with Gasteiger partial charge in [0.05, 0.1) is 5.56 Å². The van der Waals surface area contributed by atoms with Crippen LogP contribution in [0.3, 0.4) is 0 Å². The Morgan fingerprint density at radius 2 is 2.08 bits per heavy atom. The van der Waals surface area contributed by atoms with Gasteiger partial charge in [-0.05, 0) is 69.4 Å². The molecule has 1 aromatic heterocycles. The molecule has 1 aliphatic rings. The van der Waals surface area contributed by atoms with Crippen LogP contribution in [0.25, 0.3) is 0 Å². The van der Waals surface area contributed by atoms with Crippen LogP contribution in [0.5, 0.6) is 11.5 Å². The lowest BCUT2D eigenvalue weighted by atomic mass is 9.87. The van der Waals surface area contributed by atoms with Crippen molar-refractivity contribution in [3.63, 3.8) is 0 Å². The zero-order valence-electron chi connectivity index (χ0n) is 15.0. The molecule has 2 heterocycles. The molecule has 3 rings (SSSR count). The van der Waals surface area contributed by atoms with E-state index in [-0.39, 0.29) is 6.61 Å². The minimum absolute atomic E-state index is 0.165. The smallest absolute Gasteiger partial charge is 0.339 e. The third-order valence-electron chi connectivity index (χ3n) is 5.00. The van der Waals surface area contributed by atoms with Crippen molar-refractivity contribution in [2.24, 2.45) is 0 Å². The summed E-state index contributed by atoms with van der Waals surface area (Å²) in [5, 5.41) is 10.2. The predicted molar refractivity (Wildman–Crippen MR) is 94.2 cm³/mol. The lowest BCUT2D eigenvalue weighted by Crippen LogP contribution is -2.42. The van der Waals surface area contributed by atoms with Crippen molar-refractivity contribution in [1.82, 2.24) is 4.98 Å². The molecule has 1 atom stereocenters. The van der Waals surface area contributed by atoms with Gasteiger partial charge in [-0.15, -0.1) is 0 Å². The molecule has 0 spiro atoms. The average Bonchev–Trinajstić information content (AvgIpc) is 2.63. The minimum Gasteiger partial charge on any atom is -0.507 e. The van der Waals surface area contributed by atoms with E-state index in [4.69, 9.17) is 9.47 Å². The Kier molecular flexibility index (Phi) is 4.41. The largest absolute Gasteiger partial charge is 0.507 e. The summed E-state index contributed by atoms with van der Waals surface area (Å²) < 4.78 is 11.7. The maximum atomic E-state index is 12.1. The number of benzene rings is 1. The highest BCUT2D eigenvalue weighted by atomic mass is 16.6. The Labute approximate surface area is 147 Å². The van der Waals surface area contributed by atoms with Gasteiger partial charge in [0.1, 0.15) is 23.7 Å². The minimum atomic E-state index is -0.592. The average molecular weight is 341 g/mol. The summed E-state index contributed by atoms with van der Waals surface area (Å²) in [6.07, 6.45) is 4.59. The van der Waals surface area contributed by atoms with E-state index in [1.165, 1.54) is 6.20 Å². The van der Waals surface area contributed by atoms with Gasteiger partial charge in [0.15, 0.2) is 0 Å². The van der Waals surface area contributed by atoms with Gasteiger partial charge < -0.3 is 14.6 Å². The number of phenols is 1. The summed E-state index contributed by atoms with van der Waals surface area (Å²) in [7, 11) is 0. The van der Waals surface area contributed by atoms with E-state index >= 15 is 0 Å². The number of aromatic nitrogens is 1. The number of phenolic OH excluding ortho intramolecular Hbond substituents is 1. The third kappa shape index (κ3) is 3.18. The fraction of sp³-hybridized carbons (Fsp3) is 0.400. The number of hydrogen-bond acceptors (Lipinski definition) is 5. The summed E-state index contributed by atoms with van der Waals surface area (Å²) >= 11 is 0. The van der Waals surface area contributed by atoms with Gasteiger partial charge in [0.25, 0.3) is 0 Å². The van der Waals surface area contributed by atoms with Gasteiger partial charge in [0.2, 0.25) is 0 Å². The number of fused-ring (bicyclic) bond motifs is 1. The van der Waals surface area contributed by atoms with E-state index < -0.39 is 11.6 Å². The molecule has 5 heteroatoms. The van der Waals surface area contributed by atoms with Gasteiger partial charge in [0, 0.05) is 18.0 Å². The Bertz CT molecular complexity index is 816. The molecule has 2 aromatic rings. The van der Waals surface area contributed by atoms with Gasteiger partial charge in [-0.2, -0.15) is 0 Å². The van der Waals surface area contributed by atoms with E-state index in [2.05, 4.69) is 4.98 Å².